The highest BCUT2D eigenvalue weighted by molar-refractivity contribution is 7.89. The van der Waals surface area contributed by atoms with E-state index in [1.165, 1.54) is 11.6 Å². The molecule has 0 bridgehead atoms. The number of hydrogen-bond donors (Lipinski definition) is 2. The first-order chi connectivity index (χ1) is 22.7. The van der Waals surface area contributed by atoms with Crippen LogP contribution < -0.4 is 4.72 Å². The number of fused-ring (bicyclic) bond motifs is 1. The number of nitrogens with zero attached hydrogens (tertiary/aromatic N) is 4. The molecule has 0 saturated carbocycles. The Morgan fingerprint density at radius 2 is 1.43 bits per heavy atom. The molecule has 0 radical (unpaired) electrons. The summed E-state index contributed by atoms with van der Waals surface area (Å²) in [6.45, 7) is 1.97. The first-order valence-electron chi connectivity index (χ1n) is 15.8. The molecule has 3 heterocycles. The number of esters is 1. The van der Waals surface area contributed by atoms with E-state index in [0.29, 0.717) is 43.5 Å². The Hall–Kier alpha value is -4.87. The van der Waals surface area contributed by atoms with Crippen LogP contribution in [0, 0.1) is 0 Å². The number of benzene rings is 3. The number of carbonyl (C=O) groups is 1. The number of sulfonamides is 1. The fourth-order valence-electron chi connectivity index (χ4n) is 6.07. The maximum absolute atomic E-state index is 14.3. The number of nitrogens with one attached hydrogen (secondary N) is 1. The predicted octanol–water partition coefficient (Wildman–Crippen LogP) is 5.98. The molecule has 0 unspecified atom stereocenters. The first kappa shape index (κ1) is 32.1. The number of ether oxygens (including phenoxy) is 1. The molecule has 6 rings (SSSR count). The summed E-state index contributed by atoms with van der Waals surface area (Å²) in [5.74, 6) is -0.466. The van der Waals surface area contributed by atoms with Crippen LogP contribution in [0.1, 0.15) is 49.6 Å². The molecule has 242 valence electrons. The van der Waals surface area contributed by atoms with Crippen molar-refractivity contribution in [3.05, 3.63) is 114 Å². The van der Waals surface area contributed by atoms with E-state index in [0.717, 1.165) is 17.5 Å². The Kier molecular flexibility index (Phi) is 9.19. The molecular weight excluding hydrogens is 614 g/mol. The smallest absolute Gasteiger partial charge is 0.359 e. The number of hydrogen-bond acceptors (Lipinski definition) is 8. The number of aryl methyl sites for hydroxylation is 3. The van der Waals surface area contributed by atoms with Gasteiger partial charge in [-0.1, -0.05) is 97.9 Å². The molecule has 10 nitrogen and oxygen atoms in total. The Labute approximate surface area is 274 Å². The number of imidazole rings is 1. The zero-order chi connectivity index (χ0) is 33.0. The van der Waals surface area contributed by atoms with Gasteiger partial charge < -0.3 is 9.84 Å². The van der Waals surface area contributed by atoms with E-state index >= 15 is 0 Å². The van der Waals surface area contributed by atoms with Crippen LogP contribution in [0.5, 0.6) is 0 Å². The molecule has 0 fully saturated rings. The standard InChI is InChI=1S/C36H37N5O5S/c1-3-13-29-38-30-32(39-29)40-33(27-18-11-6-12-19-27)41(34(30)47(44,45)37-2)31-28(42)24-36(46-35(31)43,22-20-25-14-7-4-8-15-25)23-21-26-16-9-5-10-17-26/h4-12,14-19,37,42H,3,13,20-24H2,1-2H3. The zero-order valence-electron chi connectivity index (χ0n) is 26.4. The number of cyclic esters (lactones) is 1. The monoisotopic (exact) mass is 651 g/mol. The molecule has 0 atom stereocenters. The molecule has 3 aliphatic rings. The van der Waals surface area contributed by atoms with Crippen LogP contribution in [0.15, 0.2) is 102 Å². The third-order valence-electron chi connectivity index (χ3n) is 8.46. The minimum Gasteiger partial charge on any atom is -0.510 e. The van der Waals surface area contributed by atoms with E-state index in [1.54, 1.807) is 24.3 Å². The van der Waals surface area contributed by atoms with Crippen molar-refractivity contribution in [1.29, 1.82) is 0 Å². The Morgan fingerprint density at radius 3 is 1.96 bits per heavy atom. The minimum absolute atomic E-state index is 0.000531. The predicted molar refractivity (Wildman–Crippen MR) is 179 cm³/mol. The lowest BCUT2D eigenvalue weighted by atomic mass is 9.83. The van der Waals surface area contributed by atoms with Gasteiger partial charge in [0.25, 0.3) is 10.0 Å². The van der Waals surface area contributed by atoms with E-state index in [9.17, 15) is 18.3 Å². The number of aliphatic hydroxyl groups is 1. The molecule has 0 amide bonds. The third kappa shape index (κ3) is 6.68. The van der Waals surface area contributed by atoms with E-state index in [-0.39, 0.29) is 40.2 Å². The Morgan fingerprint density at radius 1 is 0.851 bits per heavy atom. The summed E-state index contributed by atoms with van der Waals surface area (Å²) in [6, 6.07) is 28.7. The van der Waals surface area contributed by atoms with Crippen molar-refractivity contribution in [2.24, 2.45) is 0 Å². The van der Waals surface area contributed by atoms with E-state index in [4.69, 9.17) is 9.72 Å². The van der Waals surface area contributed by atoms with Crippen LogP contribution in [-0.4, -0.2) is 51.7 Å². The van der Waals surface area contributed by atoms with Crippen LogP contribution in [0.25, 0.3) is 28.6 Å². The molecule has 47 heavy (non-hydrogen) atoms. The van der Waals surface area contributed by atoms with Gasteiger partial charge in [0, 0.05) is 18.4 Å². The lowest BCUT2D eigenvalue weighted by Crippen LogP contribution is -2.42. The maximum atomic E-state index is 14.3. The van der Waals surface area contributed by atoms with Crippen molar-refractivity contribution >= 4 is 21.7 Å². The largest absolute Gasteiger partial charge is 0.510 e. The molecule has 0 saturated heterocycles. The van der Waals surface area contributed by atoms with Crippen molar-refractivity contribution in [3.8, 4) is 22.9 Å². The van der Waals surface area contributed by atoms with E-state index in [2.05, 4.69) is 14.7 Å². The Balaban J connectivity index is 1.53. The average Bonchev–Trinajstić information content (AvgIpc) is 3.49. The molecule has 2 N–H and O–H groups in total. The fourth-order valence-corrected chi connectivity index (χ4v) is 7.07. The van der Waals surface area contributed by atoms with Crippen LogP contribution in [0.4, 0.5) is 0 Å². The highest BCUT2D eigenvalue weighted by Crippen LogP contribution is 2.42. The summed E-state index contributed by atoms with van der Waals surface area (Å²) in [4.78, 5) is 28.1. The second kappa shape index (κ2) is 13.5. The summed E-state index contributed by atoms with van der Waals surface area (Å²) < 4.78 is 37.5. The van der Waals surface area contributed by atoms with E-state index < -0.39 is 21.6 Å². The highest BCUT2D eigenvalue weighted by atomic mass is 32.2. The molecule has 0 aliphatic carbocycles. The number of aromatic nitrogens is 4. The SMILES string of the molecule is CCCc1nc2nc(-c3ccccc3)n(C3=C(O)CC(CCc4ccccc4)(CCc4ccccc4)OC3=O)c(S(=O)(=O)NC)c-2n1. The molecule has 11 heteroatoms. The minimum atomic E-state index is -4.29. The third-order valence-corrected chi connectivity index (χ3v) is 9.88. The zero-order valence-corrected chi connectivity index (χ0v) is 27.2. The average molecular weight is 652 g/mol. The molecule has 3 aromatic carbocycles. The summed E-state index contributed by atoms with van der Waals surface area (Å²) in [5, 5.41) is 11.5. The van der Waals surface area contributed by atoms with Crippen LogP contribution >= 0.6 is 0 Å². The summed E-state index contributed by atoms with van der Waals surface area (Å²) in [5.41, 5.74) is 1.31. The van der Waals surface area contributed by atoms with Crippen molar-refractivity contribution < 1.29 is 23.1 Å². The maximum Gasteiger partial charge on any atom is 0.359 e. The van der Waals surface area contributed by atoms with Crippen molar-refractivity contribution in [2.45, 2.75) is 62.5 Å². The van der Waals surface area contributed by atoms with Gasteiger partial charge >= 0.3 is 5.97 Å². The van der Waals surface area contributed by atoms with Gasteiger partial charge in [-0.05, 0) is 50.3 Å². The summed E-state index contributed by atoms with van der Waals surface area (Å²) in [6.07, 6.45) is 3.38. The second-order valence-corrected chi connectivity index (χ2v) is 13.5. The van der Waals surface area contributed by atoms with Crippen LogP contribution in [-0.2, 0) is 38.8 Å². The topological polar surface area (TPSA) is 136 Å². The summed E-state index contributed by atoms with van der Waals surface area (Å²) in [7, 11) is -3.01. The molecule has 3 aromatic rings. The number of aliphatic hydroxyl groups excluding tert-OH is 1. The second-order valence-electron chi connectivity index (χ2n) is 11.7. The fraction of sp³-hybridized carbons (Fsp3) is 0.278. The number of carbonyl (C=O) groups excluding carboxylic acids is 1. The lowest BCUT2D eigenvalue weighted by molar-refractivity contribution is -0.157. The van der Waals surface area contributed by atoms with Gasteiger partial charge in [0.1, 0.15) is 28.7 Å². The van der Waals surface area contributed by atoms with Gasteiger partial charge in [0.2, 0.25) is 0 Å². The van der Waals surface area contributed by atoms with Gasteiger partial charge in [0.15, 0.2) is 16.5 Å². The van der Waals surface area contributed by atoms with E-state index in [1.807, 2.05) is 73.7 Å². The molecule has 0 aromatic heterocycles. The molecular formula is C36H37N5O5S. The summed E-state index contributed by atoms with van der Waals surface area (Å²) >= 11 is 0. The van der Waals surface area contributed by atoms with Crippen molar-refractivity contribution in [1.82, 2.24) is 24.2 Å². The molecule has 3 aliphatic heterocycles. The van der Waals surface area contributed by atoms with Crippen molar-refractivity contribution in [2.75, 3.05) is 7.05 Å². The van der Waals surface area contributed by atoms with Crippen LogP contribution in [0.2, 0.25) is 0 Å². The normalized spacial score (nSPS) is 14.8. The van der Waals surface area contributed by atoms with Gasteiger partial charge in [-0.3, -0.25) is 4.57 Å². The van der Waals surface area contributed by atoms with Gasteiger partial charge in [0.05, 0.1) is 0 Å². The Bertz CT molecular complexity index is 1930. The lowest BCUT2D eigenvalue weighted by Gasteiger charge is -2.38. The van der Waals surface area contributed by atoms with Gasteiger partial charge in [-0.25, -0.2) is 32.9 Å². The van der Waals surface area contributed by atoms with Gasteiger partial charge in [-0.15, -0.1) is 0 Å². The highest BCUT2D eigenvalue weighted by Gasteiger charge is 2.45. The van der Waals surface area contributed by atoms with Gasteiger partial charge in [-0.2, -0.15) is 0 Å². The number of rotatable bonds is 12. The first-order valence-corrected chi connectivity index (χ1v) is 17.2. The van der Waals surface area contributed by atoms with Crippen LogP contribution in [0.3, 0.4) is 0 Å². The molecule has 0 spiro atoms. The quantitative estimate of drug-likeness (QED) is 0.124. The van der Waals surface area contributed by atoms with Crippen molar-refractivity contribution in [3.63, 3.8) is 0 Å².